The molecular weight excluding hydrogens is 316 g/mol. The third-order valence-corrected chi connectivity index (χ3v) is 3.96. The highest BCUT2D eigenvalue weighted by atomic mass is 16.3. The van der Waals surface area contributed by atoms with Crippen molar-refractivity contribution in [1.29, 1.82) is 0 Å². The van der Waals surface area contributed by atoms with Crippen LogP contribution in [0.2, 0.25) is 0 Å². The van der Waals surface area contributed by atoms with Crippen molar-refractivity contribution in [2.45, 2.75) is 0 Å². The van der Waals surface area contributed by atoms with Crippen LogP contribution < -0.4 is 5.43 Å². The van der Waals surface area contributed by atoms with E-state index >= 15 is 0 Å². The summed E-state index contributed by atoms with van der Waals surface area (Å²) < 4.78 is 5.63. The molecule has 1 amide bonds. The molecule has 0 aliphatic rings. The van der Waals surface area contributed by atoms with Crippen LogP contribution in [0, 0.1) is 0 Å². The summed E-state index contributed by atoms with van der Waals surface area (Å²) in [5.74, 6) is -0.177. The van der Waals surface area contributed by atoms with Gasteiger partial charge in [-0.15, -0.1) is 0 Å². The van der Waals surface area contributed by atoms with Gasteiger partial charge in [0.05, 0.1) is 6.21 Å². The lowest BCUT2D eigenvalue weighted by Crippen LogP contribution is -2.16. The van der Waals surface area contributed by atoms with Gasteiger partial charge in [0.1, 0.15) is 11.3 Å². The van der Waals surface area contributed by atoms with Crippen molar-refractivity contribution in [2.24, 2.45) is 5.10 Å². The molecule has 0 atom stereocenters. The van der Waals surface area contributed by atoms with Gasteiger partial charge in [0, 0.05) is 10.9 Å². The third kappa shape index (κ3) is 2.83. The van der Waals surface area contributed by atoms with Crippen LogP contribution in [0.1, 0.15) is 16.1 Å². The van der Waals surface area contributed by atoms with Crippen LogP contribution >= 0.6 is 0 Å². The lowest BCUT2D eigenvalue weighted by Gasteiger charge is -1.97. The van der Waals surface area contributed by atoms with Crippen molar-refractivity contribution >= 4 is 33.9 Å². The predicted octanol–water partition coefficient (Wildman–Crippen LogP) is 4.06. The van der Waals surface area contributed by atoms with E-state index in [9.17, 15) is 9.90 Å². The van der Waals surface area contributed by atoms with Crippen molar-refractivity contribution in [1.82, 2.24) is 5.43 Å². The monoisotopic (exact) mass is 330 g/mol. The topological polar surface area (TPSA) is 74.8 Å². The molecule has 4 aromatic rings. The van der Waals surface area contributed by atoms with E-state index < -0.39 is 5.91 Å². The van der Waals surface area contributed by atoms with Crippen molar-refractivity contribution in [3.8, 4) is 5.75 Å². The number of hydrogen-bond acceptors (Lipinski definition) is 4. The SMILES string of the molecule is O=C(NN=Cc1ccccc1O)c1cc2c(ccc3ccccc32)o1. The molecule has 0 aliphatic heterocycles. The van der Waals surface area contributed by atoms with Crippen LogP contribution in [0.5, 0.6) is 5.75 Å². The predicted molar refractivity (Wildman–Crippen MR) is 96.9 cm³/mol. The molecule has 0 saturated heterocycles. The quantitative estimate of drug-likeness (QED) is 0.439. The van der Waals surface area contributed by atoms with Crippen LogP contribution in [0.15, 0.2) is 76.2 Å². The zero-order valence-corrected chi connectivity index (χ0v) is 13.1. The molecule has 5 heteroatoms. The standard InChI is InChI=1S/C20H14N2O3/c23-17-8-4-2-6-14(17)12-21-22-20(24)19-11-16-15-7-3-1-5-13(15)9-10-18(16)25-19/h1-12,23H,(H,22,24). The number of carbonyl (C=O) groups excluding carboxylic acids is 1. The summed E-state index contributed by atoms with van der Waals surface area (Å²) in [4.78, 5) is 12.2. The Labute approximate surface area is 143 Å². The summed E-state index contributed by atoms with van der Waals surface area (Å²) in [6, 6.07) is 20.2. The Morgan fingerprint density at radius 2 is 1.80 bits per heavy atom. The number of furan rings is 1. The summed E-state index contributed by atoms with van der Waals surface area (Å²) in [6.07, 6.45) is 1.38. The highest BCUT2D eigenvalue weighted by Crippen LogP contribution is 2.28. The number of phenols is 1. The minimum Gasteiger partial charge on any atom is -0.507 e. The van der Waals surface area contributed by atoms with E-state index in [1.165, 1.54) is 6.21 Å². The van der Waals surface area contributed by atoms with Crippen molar-refractivity contribution in [3.05, 3.63) is 78.1 Å². The summed E-state index contributed by atoms with van der Waals surface area (Å²) in [5.41, 5.74) is 3.57. The normalized spacial score (nSPS) is 11.4. The summed E-state index contributed by atoms with van der Waals surface area (Å²) in [6.45, 7) is 0. The van der Waals surface area contributed by atoms with Gasteiger partial charge >= 0.3 is 5.91 Å². The second-order valence-corrected chi connectivity index (χ2v) is 5.57. The Bertz CT molecular complexity index is 1110. The largest absolute Gasteiger partial charge is 0.507 e. The number of nitrogens with one attached hydrogen (secondary N) is 1. The van der Waals surface area contributed by atoms with Crippen molar-refractivity contribution in [3.63, 3.8) is 0 Å². The fourth-order valence-electron chi connectivity index (χ4n) is 2.72. The molecule has 1 aromatic heterocycles. The smallest absolute Gasteiger partial charge is 0.307 e. The molecule has 25 heavy (non-hydrogen) atoms. The first-order valence-electron chi connectivity index (χ1n) is 7.75. The summed E-state index contributed by atoms with van der Waals surface area (Å²) in [5, 5.41) is 16.5. The average Bonchev–Trinajstić information content (AvgIpc) is 3.08. The van der Waals surface area contributed by atoms with Gasteiger partial charge in [-0.2, -0.15) is 5.10 Å². The first-order chi connectivity index (χ1) is 12.2. The number of amides is 1. The second-order valence-electron chi connectivity index (χ2n) is 5.57. The van der Waals surface area contributed by atoms with Gasteiger partial charge in [-0.1, -0.05) is 42.5 Å². The van der Waals surface area contributed by atoms with Gasteiger partial charge in [-0.25, -0.2) is 5.43 Å². The maximum Gasteiger partial charge on any atom is 0.307 e. The van der Waals surface area contributed by atoms with E-state index in [-0.39, 0.29) is 11.5 Å². The van der Waals surface area contributed by atoms with Gasteiger partial charge < -0.3 is 9.52 Å². The van der Waals surface area contributed by atoms with Gasteiger partial charge in [-0.3, -0.25) is 4.79 Å². The van der Waals surface area contributed by atoms with Gasteiger partial charge in [0.25, 0.3) is 0 Å². The molecular formula is C20H14N2O3. The lowest BCUT2D eigenvalue weighted by atomic mass is 10.1. The lowest BCUT2D eigenvalue weighted by molar-refractivity contribution is 0.0929. The first kappa shape index (κ1) is 15.0. The molecule has 0 saturated carbocycles. The summed E-state index contributed by atoms with van der Waals surface area (Å²) >= 11 is 0. The number of aromatic hydroxyl groups is 1. The molecule has 0 radical (unpaired) electrons. The van der Waals surface area contributed by atoms with Crippen LogP contribution in [0.25, 0.3) is 21.7 Å². The Balaban J connectivity index is 1.60. The van der Waals surface area contributed by atoms with Crippen LogP contribution in [-0.4, -0.2) is 17.2 Å². The molecule has 122 valence electrons. The van der Waals surface area contributed by atoms with Gasteiger partial charge in [0.2, 0.25) is 0 Å². The minimum atomic E-state index is -0.452. The maximum atomic E-state index is 12.2. The number of para-hydroxylation sites is 1. The number of benzene rings is 3. The Morgan fingerprint density at radius 3 is 2.68 bits per heavy atom. The number of rotatable bonds is 3. The molecule has 5 nitrogen and oxygen atoms in total. The third-order valence-electron chi connectivity index (χ3n) is 3.96. The first-order valence-corrected chi connectivity index (χ1v) is 7.75. The molecule has 3 aromatic carbocycles. The fourth-order valence-corrected chi connectivity index (χ4v) is 2.72. The van der Waals surface area contributed by atoms with E-state index in [0.717, 1.165) is 16.2 Å². The average molecular weight is 330 g/mol. The number of hydrogen-bond donors (Lipinski definition) is 2. The molecule has 0 fully saturated rings. The van der Waals surface area contributed by atoms with Crippen LogP contribution in [0.3, 0.4) is 0 Å². The molecule has 0 spiro atoms. The molecule has 2 N–H and O–H groups in total. The Kier molecular flexibility index (Phi) is 3.67. The second kappa shape index (κ2) is 6.13. The highest BCUT2D eigenvalue weighted by Gasteiger charge is 2.13. The number of fused-ring (bicyclic) bond motifs is 3. The van der Waals surface area contributed by atoms with Crippen LogP contribution in [0.4, 0.5) is 0 Å². The van der Waals surface area contributed by atoms with Crippen molar-refractivity contribution in [2.75, 3.05) is 0 Å². The number of nitrogens with zero attached hydrogens (tertiary/aromatic N) is 1. The number of phenolic OH excluding ortho intramolecular Hbond substituents is 1. The number of hydrazone groups is 1. The van der Waals surface area contributed by atoms with E-state index in [4.69, 9.17) is 4.42 Å². The van der Waals surface area contributed by atoms with Crippen LogP contribution in [-0.2, 0) is 0 Å². The Hall–Kier alpha value is -3.60. The molecule has 0 bridgehead atoms. The Morgan fingerprint density at radius 1 is 1.00 bits per heavy atom. The molecule has 0 aliphatic carbocycles. The summed E-state index contributed by atoms with van der Waals surface area (Å²) in [7, 11) is 0. The fraction of sp³-hybridized carbons (Fsp3) is 0. The van der Waals surface area contributed by atoms with Crippen molar-refractivity contribution < 1.29 is 14.3 Å². The van der Waals surface area contributed by atoms with Gasteiger partial charge in [-0.05, 0) is 35.0 Å². The highest BCUT2D eigenvalue weighted by molar-refractivity contribution is 6.08. The van der Waals surface area contributed by atoms with E-state index in [2.05, 4.69) is 10.5 Å². The zero-order valence-electron chi connectivity index (χ0n) is 13.1. The van der Waals surface area contributed by atoms with E-state index in [1.54, 1.807) is 30.3 Å². The molecule has 1 heterocycles. The number of carbonyl (C=O) groups is 1. The van der Waals surface area contributed by atoms with E-state index in [1.807, 2.05) is 36.4 Å². The molecule has 4 rings (SSSR count). The van der Waals surface area contributed by atoms with Gasteiger partial charge in [0.15, 0.2) is 5.76 Å². The minimum absolute atomic E-state index is 0.0932. The maximum absolute atomic E-state index is 12.2. The van der Waals surface area contributed by atoms with E-state index in [0.29, 0.717) is 11.1 Å². The molecule has 0 unspecified atom stereocenters. The zero-order chi connectivity index (χ0) is 17.2.